The molecular formula is C14H19N3O2. The molecule has 1 rings (SSSR count). The van der Waals surface area contributed by atoms with Crippen LogP contribution in [0.25, 0.3) is 0 Å². The van der Waals surface area contributed by atoms with E-state index < -0.39 is 6.04 Å². The van der Waals surface area contributed by atoms with Crippen LogP contribution in [0.4, 0.5) is 0 Å². The van der Waals surface area contributed by atoms with E-state index in [2.05, 4.69) is 11.4 Å². The molecule has 1 atom stereocenters. The molecule has 0 spiro atoms. The Morgan fingerprint density at radius 1 is 1.58 bits per heavy atom. The van der Waals surface area contributed by atoms with Crippen molar-refractivity contribution in [3.63, 3.8) is 0 Å². The van der Waals surface area contributed by atoms with Crippen molar-refractivity contribution in [2.45, 2.75) is 25.4 Å². The molecule has 0 saturated carbocycles. The Bertz CT molecular complexity index is 454. The molecule has 0 aliphatic carbocycles. The van der Waals surface area contributed by atoms with Gasteiger partial charge in [0, 0.05) is 20.3 Å². The van der Waals surface area contributed by atoms with Gasteiger partial charge in [-0.1, -0.05) is 12.1 Å². The van der Waals surface area contributed by atoms with Crippen molar-refractivity contribution < 1.29 is 9.53 Å². The molecule has 102 valence electrons. The first-order chi connectivity index (χ1) is 9.17. The molecule has 1 unspecified atom stereocenters. The molecule has 0 radical (unpaired) electrons. The first-order valence-corrected chi connectivity index (χ1v) is 6.18. The molecule has 0 heterocycles. The number of nitriles is 1. The number of hydrogen-bond acceptors (Lipinski definition) is 4. The van der Waals surface area contributed by atoms with E-state index in [1.807, 2.05) is 6.07 Å². The number of nitrogens with zero attached hydrogens (tertiary/aromatic N) is 1. The van der Waals surface area contributed by atoms with Crippen LogP contribution in [0.5, 0.6) is 0 Å². The summed E-state index contributed by atoms with van der Waals surface area (Å²) in [4.78, 5) is 11.7. The van der Waals surface area contributed by atoms with Crippen LogP contribution in [0.15, 0.2) is 24.3 Å². The maximum absolute atomic E-state index is 11.7. The topological polar surface area (TPSA) is 88.1 Å². The molecule has 0 aromatic heterocycles. The molecule has 3 N–H and O–H groups in total. The van der Waals surface area contributed by atoms with Gasteiger partial charge in [0.05, 0.1) is 17.7 Å². The summed E-state index contributed by atoms with van der Waals surface area (Å²) in [5, 5.41) is 11.5. The van der Waals surface area contributed by atoms with Crippen LogP contribution in [0.1, 0.15) is 24.0 Å². The van der Waals surface area contributed by atoms with Crippen molar-refractivity contribution >= 4 is 5.91 Å². The van der Waals surface area contributed by atoms with Gasteiger partial charge in [0.25, 0.3) is 0 Å². The summed E-state index contributed by atoms with van der Waals surface area (Å²) in [5.41, 5.74) is 7.22. The Hall–Kier alpha value is -1.90. The first kappa shape index (κ1) is 15.2. The summed E-state index contributed by atoms with van der Waals surface area (Å²) >= 11 is 0. The highest BCUT2D eigenvalue weighted by atomic mass is 16.5. The molecule has 0 bridgehead atoms. The van der Waals surface area contributed by atoms with Gasteiger partial charge >= 0.3 is 0 Å². The summed E-state index contributed by atoms with van der Waals surface area (Å²) in [6.07, 6.45) is 1.35. The highest BCUT2D eigenvalue weighted by Gasteiger charge is 2.12. The Kier molecular flexibility index (Phi) is 6.58. The Labute approximate surface area is 113 Å². The standard InChI is InChI=1S/C14H19N3O2/c1-19-7-3-6-13(16)14(18)17-10-12-5-2-4-11(8-12)9-15/h2,4-5,8,13H,3,6-7,10,16H2,1H3,(H,17,18). The molecule has 0 aliphatic heterocycles. The third-order valence-electron chi connectivity index (χ3n) is 2.72. The Morgan fingerprint density at radius 3 is 3.05 bits per heavy atom. The summed E-state index contributed by atoms with van der Waals surface area (Å²) < 4.78 is 4.91. The lowest BCUT2D eigenvalue weighted by molar-refractivity contribution is -0.122. The summed E-state index contributed by atoms with van der Waals surface area (Å²) in [6, 6.07) is 8.66. The fraction of sp³-hybridized carbons (Fsp3) is 0.429. The lowest BCUT2D eigenvalue weighted by Crippen LogP contribution is -2.40. The summed E-state index contributed by atoms with van der Waals surface area (Å²) in [5.74, 6) is -0.182. The van der Waals surface area contributed by atoms with Crippen LogP contribution in [-0.2, 0) is 16.1 Å². The van der Waals surface area contributed by atoms with Crippen molar-refractivity contribution in [1.29, 1.82) is 5.26 Å². The normalized spacial score (nSPS) is 11.6. The van der Waals surface area contributed by atoms with Crippen molar-refractivity contribution in [2.24, 2.45) is 5.73 Å². The fourth-order valence-electron chi connectivity index (χ4n) is 1.65. The Balaban J connectivity index is 2.38. The number of amides is 1. The SMILES string of the molecule is COCCCC(N)C(=O)NCc1cccc(C#N)c1. The second kappa shape index (κ2) is 8.25. The lowest BCUT2D eigenvalue weighted by atomic mass is 10.1. The van der Waals surface area contributed by atoms with E-state index in [4.69, 9.17) is 15.7 Å². The van der Waals surface area contributed by atoms with E-state index in [-0.39, 0.29) is 5.91 Å². The summed E-state index contributed by atoms with van der Waals surface area (Å²) in [7, 11) is 1.62. The van der Waals surface area contributed by atoms with Gasteiger partial charge in [-0.05, 0) is 30.5 Å². The maximum Gasteiger partial charge on any atom is 0.237 e. The molecule has 0 aliphatic rings. The first-order valence-electron chi connectivity index (χ1n) is 6.18. The van der Waals surface area contributed by atoms with E-state index in [0.717, 1.165) is 12.0 Å². The van der Waals surface area contributed by atoms with Crippen LogP contribution < -0.4 is 11.1 Å². The van der Waals surface area contributed by atoms with Gasteiger partial charge in [0.15, 0.2) is 0 Å². The molecule has 1 amide bonds. The molecular weight excluding hydrogens is 242 g/mol. The van der Waals surface area contributed by atoms with Gasteiger partial charge < -0.3 is 15.8 Å². The number of nitrogens with two attached hydrogens (primary N) is 1. The van der Waals surface area contributed by atoms with Crippen molar-refractivity contribution in [3.05, 3.63) is 35.4 Å². The monoisotopic (exact) mass is 261 g/mol. The van der Waals surface area contributed by atoms with E-state index in [9.17, 15) is 4.79 Å². The van der Waals surface area contributed by atoms with Gasteiger partial charge in [0.1, 0.15) is 0 Å². The lowest BCUT2D eigenvalue weighted by Gasteiger charge is -2.12. The molecule has 19 heavy (non-hydrogen) atoms. The third-order valence-corrected chi connectivity index (χ3v) is 2.72. The molecule has 5 heteroatoms. The summed E-state index contributed by atoms with van der Waals surface area (Å²) in [6.45, 7) is 0.984. The van der Waals surface area contributed by atoms with Crippen LogP contribution in [0.2, 0.25) is 0 Å². The number of rotatable bonds is 7. The minimum Gasteiger partial charge on any atom is -0.385 e. The number of hydrogen-bond donors (Lipinski definition) is 2. The van der Waals surface area contributed by atoms with Crippen molar-refractivity contribution in [3.8, 4) is 6.07 Å². The fourth-order valence-corrected chi connectivity index (χ4v) is 1.65. The van der Waals surface area contributed by atoms with Gasteiger partial charge in [-0.3, -0.25) is 4.79 Å². The number of methoxy groups -OCH3 is 1. The maximum atomic E-state index is 11.7. The number of nitrogens with one attached hydrogen (secondary N) is 1. The minimum atomic E-state index is -0.519. The van der Waals surface area contributed by atoms with Crippen molar-refractivity contribution in [2.75, 3.05) is 13.7 Å². The molecule has 0 fully saturated rings. The minimum absolute atomic E-state index is 0.182. The van der Waals surface area contributed by atoms with E-state index in [1.165, 1.54) is 0 Å². The second-order valence-corrected chi connectivity index (χ2v) is 4.27. The molecule has 0 saturated heterocycles. The van der Waals surface area contributed by atoms with Gasteiger partial charge in [-0.15, -0.1) is 0 Å². The highest BCUT2D eigenvalue weighted by molar-refractivity contribution is 5.81. The highest BCUT2D eigenvalue weighted by Crippen LogP contribution is 2.04. The van der Waals surface area contributed by atoms with Crippen molar-refractivity contribution in [1.82, 2.24) is 5.32 Å². The van der Waals surface area contributed by atoms with Crippen LogP contribution >= 0.6 is 0 Å². The zero-order chi connectivity index (χ0) is 14.1. The van der Waals surface area contributed by atoms with Gasteiger partial charge in [-0.25, -0.2) is 0 Å². The Morgan fingerprint density at radius 2 is 2.37 bits per heavy atom. The largest absolute Gasteiger partial charge is 0.385 e. The average Bonchev–Trinajstić information content (AvgIpc) is 2.45. The molecule has 5 nitrogen and oxygen atoms in total. The number of carbonyl (C=O) groups is 1. The van der Waals surface area contributed by atoms with E-state index >= 15 is 0 Å². The molecule has 1 aromatic rings. The van der Waals surface area contributed by atoms with E-state index in [1.54, 1.807) is 25.3 Å². The average molecular weight is 261 g/mol. The van der Waals surface area contributed by atoms with Crippen LogP contribution in [0, 0.1) is 11.3 Å². The predicted octanol–water partition coefficient (Wildman–Crippen LogP) is 0.928. The molecule has 1 aromatic carbocycles. The number of benzene rings is 1. The van der Waals surface area contributed by atoms with Gasteiger partial charge in [-0.2, -0.15) is 5.26 Å². The quantitative estimate of drug-likeness (QED) is 0.715. The van der Waals surface area contributed by atoms with E-state index in [0.29, 0.717) is 25.1 Å². The van der Waals surface area contributed by atoms with Crippen LogP contribution in [0.3, 0.4) is 0 Å². The number of ether oxygens (including phenoxy) is 1. The smallest absolute Gasteiger partial charge is 0.237 e. The second-order valence-electron chi connectivity index (χ2n) is 4.27. The predicted molar refractivity (Wildman–Crippen MR) is 72.1 cm³/mol. The van der Waals surface area contributed by atoms with Crippen LogP contribution in [-0.4, -0.2) is 25.7 Å². The number of carbonyl (C=O) groups excluding carboxylic acids is 1. The van der Waals surface area contributed by atoms with Gasteiger partial charge in [0.2, 0.25) is 5.91 Å². The zero-order valence-corrected chi connectivity index (χ0v) is 11.1. The third kappa shape index (κ3) is 5.51. The zero-order valence-electron chi connectivity index (χ0n) is 11.1.